The van der Waals surface area contributed by atoms with Gasteiger partial charge in [0, 0.05) is 18.1 Å². The number of hydrogen-bond donors (Lipinski definition) is 1. The predicted molar refractivity (Wildman–Crippen MR) is 112 cm³/mol. The number of piperidine rings is 1. The fourth-order valence-electron chi connectivity index (χ4n) is 4.07. The van der Waals surface area contributed by atoms with Gasteiger partial charge in [-0.25, -0.2) is 0 Å². The summed E-state index contributed by atoms with van der Waals surface area (Å²) in [5.41, 5.74) is 1.89. The van der Waals surface area contributed by atoms with Crippen LogP contribution in [0.25, 0.3) is 0 Å². The Labute approximate surface area is 175 Å². The van der Waals surface area contributed by atoms with Gasteiger partial charge in [0.25, 0.3) is 0 Å². The number of hydrogen-bond acceptors (Lipinski definition) is 5. The van der Waals surface area contributed by atoms with Crippen LogP contribution < -0.4 is 14.4 Å². The number of carboxylic acids is 1. The molecular formula is C22H25ClN2O4. The highest BCUT2D eigenvalue weighted by Crippen LogP contribution is 2.41. The van der Waals surface area contributed by atoms with Gasteiger partial charge >= 0.3 is 5.97 Å². The first kappa shape index (κ1) is 19.9. The molecular weight excluding hydrogens is 392 g/mol. The number of fused-ring (bicyclic) bond motifs is 2. The van der Waals surface area contributed by atoms with Gasteiger partial charge in [0.15, 0.2) is 0 Å². The van der Waals surface area contributed by atoms with Gasteiger partial charge in [0.1, 0.15) is 11.5 Å². The molecule has 7 heteroatoms. The van der Waals surface area contributed by atoms with Gasteiger partial charge in [-0.2, -0.15) is 0 Å². The van der Waals surface area contributed by atoms with E-state index in [-0.39, 0.29) is 12.7 Å². The molecule has 6 nitrogen and oxygen atoms in total. The van der Waals surface area contributed by atoms with Gasteiger partial charge in [0.05, 0.1) is 17.3 Å². The summed E-state index contributed by atoms with van der Waals surface area (Å²) in [4.78, 5) is 15.8. The largest absolute Gasteiger partial charge is 0.481 e. The molecule has 0 saturated carbocycles. The van der Waals surface area contributed by atoms with Crippen LogP contribution in [0.4, 0.5) is 11.4 Å². The molecule has 2 aliphatic rings. The SMILES string of the molecule is O=C(O)C1CCCN(CCCN2c3ccccc3OCOc3ccc(Cl)cc32)C1. The number of anilines is 2. The monoisotopic (exact) mass is 416 g/mol. The lowest BCUT2D eigenvalue weighted by atomic mass is 9.98. The molecule has 0 bridgehead atoms. The molecule has 1 atom stereocenters. The number of halogens is 1. The third-order valence-electron chi connectivity index (χ3n) is 5.51. The van der Waals surface area contributed by atoms with Crippen LogP contribution in [0, 0.1) is 5.92 Å². The number of nitrogens with zero attached hydrogens (tertiary/aromatic N) is 2. The number of para-hydroxylation sites is 2. The summed E-state index contributed by atoms with van der Waals surface area (Å²) in [5.74, 6) is 0.549. The number of ether oxygens (including phenoxy) is 2. The Kier molecular flexibility index (Phi) is 6.11. The zero-order chi connectivity index (χ0) is 20.2. The van der Waals surface area contributed by atoms with Gasteiger partial charge < -0.3 is 24.4 Å². The summed E-state index contributed by atoms with van der Waals surface area (Å²) in [7, 11) is 0. The molecule has 2 heterocycles. The van der Waals surface area contributed by atoms with E-state index in [0.29, 0.717) is 11.6 Å². The second-order valence-corrected chi connectivity index (χ2v) is 7.91. The molecule has 2 aliphatic heterocycles. The Balaban J connectivity index is 1.53. The lowest BCUT2D eigenvalue weighted by Gasteiger charge is -2.33. The first-order valence-corrected chi connectivity index (χ1v) is 10.4. The summed E-state index contributed by atoms with van der Waals surface area (Å²) in [6, 6.07) is 13.5. The lowest BCUT2D eigenvalue weighted by Crippen LogP contribution is -2.39. The Morgan fingerprint density at radius 3 is 2.72 bits per heavy atom. The molecule has 154 valence electrons. The maximum atomic E-state index is 11.3. The van der Waals surface area contributed by atoms with E-state index in [9.17, 15) is 9.90 Å². The molecule has 2 aromatic rings. The van der Waals surface area contributed by atoms with Crippen LogP contribution in [0.15, 0.2) is 42.5 Å². The van der Waals surface area contributed by atoms with Crippen LogP contribution in [0.5, 0.6) is 11.5 Å². The lowest BCUT2D eigenvalue weighted by molar-refractivity contribution is -0.143. The highest BCUT2D eigenvalue weighted by molar-refractivity contribution is 6.31. The van der Waals surface area contributed by atoms with Crippen molar-refractivity contribution in [1.82, 2.24) is 4.90 Å². The highest BCUT2D eigenvalue weighted by Gasteiger charge is 2.26. The molecule has 1 fully saturated rings. The number of carbonyl (C=O) groups is 1. The second-order valence-electron chi connectivity index (χ2n) is 7.47. The molecule has 29 heavy (non-hydrogen) atoms. The van der Waals surface area contributed by atoms with Crippen molar-refractivity contribution < 1.29 is 19.4 Å². The van der Waals surface area contributed by atoms with Crippen molar-refractivity contribution >= 4 is 28.9 Å². The van der Waals surface area contributed by atoms with Crippen LogP contribution in [0.2, 0.25) is 5.02 Å². The number of benzene rings is 2. The van der Waals surface area contributed by atoms with Crippen molar-refractivity contribution in [2.75, 3.05) is 37.9 Å². The third kappa shape index (κ3) is 4.60. The van der Waals surface area contributed by atoms with Crippen molar-refractivity contribution in [3.8, 4) is 11.5 Å². The number of likely N-dealkylation sites (tertiary alicyclic amines) is 1. The van der Waals surface area contributed by atoms with Crippen LogP contribution >= 0.6 is 11.6 Å². The minimum absolute atomic E-state index is 0.143. The molecule has 0 amide bonds. The van der Waals surface area contributed by atoms with Crippen molar-refractivity contribution in [1.29, 1.82) is 0 Å². The topological polar surface area (TPSA) is 62.2 Å². The van der Waals surface area contributed by atoms with E-state index in [1.807, 2.05) is 42.5 Å². The van der Waals surface area contributed by atoms with Crippen molar-refractivity contribution in [2.45, 2.75) is 19.3 Å². The van der Waals surface area contributed by atoms with E-state index >= 15 is 0 Å². The van der Waals surface area contributed by atoms with E-state index in [4.69, 9.17) is 21.1 Å². The Bertz CT molecular complexity index is 876. The van der Waals surface area contributed by atoms with E-state index in [1.54, 1.807) is 0 Å². The minimum atomic E-state index is -0.690. The molecule has 1 saturated heterocycles. The average Bonchev–Trinajstić information content (AvgIpc) is 2.72. The van der Waals surface area contributed by atoms with Gasteiger partial charge in [0.2, 0.25) is 6.79 Å². The molecule has 0 spiro atoms. The number of carboxylic acid groups (broad SMARTS) is 1. The van der Waals surface area contributed by atoms with Crippen molar-refractivity contribution in [3.63, 3.8) is 0 Å². The molecule has 0 radical (unpaired) electrons. The van der Waals surface area contributed by atoms with Crippen molar-refractivity contribution in [2.24, 2.45) is 5.92 Å². The number of aliphatic carboxylic acids is 1. The quantitative estimate of drug-likeness (QED) is 0.779. The van der Waals surface area contributed by atoms with Crippen LogP contribution in [-0.4, -0.2) is 48.9 Å². The van der Waals surface area contributed by atoms with E-state index in [0.717, 1.165) is 61.8 Å². The highest BCUT2D eigenvalue weighted by atomic mass is 35.5. The summed E-state index contributed by atoms with van der Waals surface area (Å²) in [5, 5.41) is 9.96. The fraction of sp³-hybridized carbons (Fsp3) is 0.409. The molecule has 0 aromatic heterocycles. The van der Waals surface area contributed by atoms with E-state index in [1.165, 1.54) is 0 Å². The van der Waals surface area contributed by atoms with Gasteiger partial charge in [-0.05, 0) is 62.7 Å². The van der Waals surface area contributed by atoms with Gasteiger partial charge in [-0.15, -0.1) is 0 Å². The summed E-state index contributed by atoms with van der Waals surface area (Å²) in [6.07, 6.45) is 2.59. The summed E-state index contributed by atoms with van der Waals surface area (Å²) >= 11 is 6.29. The number of rotatable bonds is 5. The fourth-order valence-corrected chi connectivity index (χ4v) is 4.23. The summed E-state index contributed by atoms with van der Waals surface area (Å²) < 4.78 is 11.6. The first-order chi connectivity index (χ1) is 14.1. The molecule has 1 unspecified atom stereocenters. The van der Waals surface area contributed by atoms with Crippen LogP contribution in [0.1, 0.15) is 19.3 Å². The average molecular weight is 417 g/mol. The third-order valence-corrected chi connectivity index (χ3v) is 5.74. The predicted octanol–water partition coefficient (Wildman–Crippen LogP) is 4.39. The Hall–Kier alpha value is -2.44. The maximum Gasteiger partial charge on any atom is 0.307 e. The van der Waals surface area contributed by atoms with Gasteiger partial charge in [-0.1, -0.05) is 23.7 Å². The van der Waals surface area contributed by atoms with Crippen LogP contribution in [-0.2, 0) is 4.79 Å². The van der Waals surface area contributed by atoms with E-state index in [2.05, 4.69) is 9.80 Å². The Morgan fingerprint density at radius 1 is 1.10 bits per heavy atom. The Morgan fingerprint density at radius 2 is 1.90 bits per heavy atom. The molecule has 4 rings (SSSR count). The zero-order valence-electron chi connectivity index (χ0n) is 16.2. The minimum Gasteiger partial charge on any atom is -0.481 e. The van der Waals surface area contributed by atoms with Crippen LogP contribution in [0.3, 0.4) is 0 Å². The van der Waals surface area contributed by atoms with Crippen molar-refractivity contribution in [3.05, 3.63) is 47.5 Å². The standard InChI is InChI=1S/C22H25ClN2O4/c23-17-8-9-21-19(13-17)25(18-6-1-2-7-20(18)28-15-29-21)12-4-11-24-10-3-5-16(14-24)22(26)27/h1-2,6-9,13,16H,3-5,10-12,14-15H2,(H,26,27). The normalized spacial score (nSPS) is 19.2. The molecule has 0 aliphatic carbocycles. The molecule has 2 aromatic carbocycles. The zero-order valence-corrected chi connectivity index (χ0v) is 17.0. The van der Waals surface area contributed by atoms with Gasteiger partial charge in [-0.3, -0.25) is 4.79 Å². The molecule has 1 N–H and O–H groups in total. The summed E-state index contributed by atoms with van der Waals surface area (Å²) in [6.45, 7) is 3.31. The first-order valence-electron chi connectivity index (χ1n) is 9.98. The second kappa shape index (κ2) is 8.93. The maximum absolute atomic E-state index is 11.3. The smallest absolute Gasteiger partial charge is 0.307 e. The van der Waals surface area contributed by atoms with E-state index < -0.39 is 5.97 Å².